The van der Waals surface area contributed by atoms with Crippen LogP contribution in [-0.4, -0.2) is 85.6 Å². The summed E-state index contributed by atoms with van der Waals surface area (Å²) < 4.78 is 30.4. The zero-order valence-electron chi connectivity index (χ0n) is 27.3. The Hall–Kier alpha value is -4.82. The predicted octanol–water partition coefficient (Wildman–Crippen LogP) is 6.02. The van der Waals surface area contributed by atoms with E-state index >= 15 is 0 Å². The van der Waals surface area contributed by atoms with E-state index in [0.29, 0.717) is 72.9 Å². The third-order valence-electron chi connectivity index (χ3n) is 8.86. The van der Waals surface area contributed by atoms with Gasteiger partial charge in [-0.25, -0.2) is 19.0 Å². The van der Waals surface area contributed by atoms with Gasteiger partial charge in [0.1, 0.15) is 23.4 Å². The van der Waals surface area contributed by atoms with Crippen molar-refractivity contribution in [2.75, 3.05) is 51.8 Å². The number of nitrogens with one attached hydrogen (secondary N) is 1. The summed E-state index contributed by atoms with van der Waals surface area (Å²) in [6.45, 7) is 3.06. The Labute approximate surface area is 297 Å². The lowest BCUT2D eigenvalue weighted by atomic mass is 9.95. The topological polar surface area (TPSA) is 109 Å². The molecule has 3 aliphatic rings. The first-order valence-corrected chi connectivity index (χ1v) is 17.2. The van der Waals surface area contributed by atoms with Crippen molar-refractivity contribution >= 4 is 46.5 Å². The number of thiazole rings is 1. The van der Waals surface area contributed by atoms with Crippen LogP contribution in [0.1, 0.15) is 22.2 Å². The number of methoxy groups -OCH3 is 2. The van der Waals surface area contributed by atoms with Gasteiger partial charge in [0.15, 0.2) is 10.8 Å². The van der Waals surface area contributed by atoms with Gasteiger partial charge in [0.25, 0.3) is 0 Å². The molecular weight excluding hydrogens is 683 g/mol. The number of carbonyl (C=O) groups is 2. The fourth-order valence-corrected chi connectivity index (χ4v) is 7.33. The first-order chi connectivity index (χ1) is 24.3. The van der Waals surface area contributed by atoms with Crippen molar-refractivity contribution in [2.45, 2.75) is 18.7 Å². The number of nitrogens with zero attached hydrogens (tertiary/aromatic N) is 5. The molecule has 0 spiro atoms. The van der Waals surface area contributed by atoms with Crippen molar-refractivity contribution in [1.29, 1.82) is 0 Å². The molecule has 0 bridgehead atoms. The minimum atomic E-state index is -0.850. The highest BCUT2D eigenvalue weighted by Gasteiger charge is 2.42. The fraction of sp³-hybridized carbons (Fsp3) is 0.278. The van der Waals surface area contributed by atoms with Crippen molar-refractivity contribution in [3.8, 4) is 11.5 Å². The van der Waals surface area contributed by atoms with Crippen LogP contribution in [0.3, 0.4) is 0 Å². The number of amidine groups is 1. The number of amides is 2. The van der Waals surface area contributed by atoms with Crippen LogP contribution in [0.25, 0.3) is 0 Å². The number of anilines is 1. The van der Waals surface area contributed by atoms with E-state index in [-0.39, 0.29) is 22.7 Å². The van der Waals surface area contributed by atoms with Crippen LogP contribution < -0.4 is 15.0 Å². The van der Waals surface area contributed by atoms with Crippen LogP contribution in [0.2, 0.25) is 5.02 Å². The van der Waals surface area contributed by atoms with Crippen LogP contribution in [0, 0.1) is 5.82 Å². The van der Waals surface area contributed by atoms with Crippen molar-refractivity contribution in [1.82, 2.24) is 20.1 Å². The van der Waals surface area contributed by atoms with Crippen LogP contribution in [0.4, 0.5) is 14.9 Å². The quantitative estimate of drug-likeness (QED) is 0.199. The van der Waals surface area contributed by atoms with Crippen LogP contribution in [0.5, 0.6) is 11.5 Å². The standard InChI is InChI=1S/C36H34ClFN6O5S/c1-47-21-22-3-8-26(9-4-22)49-27-10-6-24(7-11-27)44-19-25-18-42(14-15-43(25)36(44)46)20-30-31(35(45)48-2)32(28-12-5-23(38)17-29(28)37)41-33(40-30)34-39-13-16-50-34/h3-13,16-17,25,32H,14-15,18-21H2,1-2H3,(H,40,41)/t25-,32-/m0/s1. The molecule has 14 heteroatoms. The van der Waals surface area contributed by atoms with E-state index in [0.717, 1.165) is 11.3 Å². The number of hydrogen-bond acceptors (Lipinski definition) is 10. The van der Waals surface area contributed by atoms with Gasteiger partial charge in [-0.1, -0.05) is 29.8 Å². The molecule has 0 radical (unpaired) electrons. The lowest BCUT2D eigenvalue weighted by Gasteiger charge is -2.38. The van der Waals surface area contributed by atoms with Gasteiger partial charge < -0.3 is 24.4 Å². The lowest BCUT2D eigenvalue weighted by molar-refractivity contribution is -0.136. The maximum Gasteiger partial charge on any atom is 0.338 e. The first kappa shape index (κ1) is 33.7. The summed E-state index contributed by atoms with van der Waals surface area (Å²) in [5.41, 5.74) is 3.18. The molecule has 0 saturated carbocycles. The molecule has 0 aliphatic carbocycles. The number of rotatable bonds is 10. The summed E-state index contributed by atoms with van der Waals surface area (Å²) >= 11 is 7.91. The molecule has 1 aromatic heterocycles. The number of halogens is 2. The van der Waals surface area contributed by atoms with Gasteiger partial charge in [0.05, 0.1) is 25.3 Å². The summed E-state index contributed by atoms with van der Waals surface area (Å²) in [7, 11) is 2.97. The second kappa shape index (κ2) is 14.6. The van der Waals surface area contributed by atoms with E-state index in [1.165, 1.54) is 36.6 Å². The van der Waals surface area contributed by atoms with Crippen molar-refractivity contribution < 1.29 is 28.2 Å². The van der Waals surface area contributed by atoms with Gasteiger partial charge in [-0.2, -0.15) is 0 Å². The average molecular weight is 717 g/mol. The van der Waals surface area contributed by atoms with E-state index in [4.69, 9.17) is 30.8 Å². The minimum absolute atomic E-state index is 0.0495. The second-order valence-corrected chi connectivity index (χ2v) is 13.3. The molecule has 3 aliphatic heterocycles. The molecule has 2 amide bonds. The Bertz CT molecular complexity index is 1940. The normalized spacial score (nSPS) is 19.3. The zero-order chi connectivity index (χ0) is 34.8. The van der Waals surface area contributed by atoms with Gasteiger partial charge in [-0.3, -0.25) is 14.8 Å². The number of ether oxygens (including phenoxy) is 3. The lowest BCUT2D eigenvalue weighted by Crippen LogP contribution is -2.53. The highest BCUT2D eigenvalue weighted by Crippen LogP contribution is 2.37. The predicted molar refractivity (Wildman–Crippen MR) is 188 cm³/mol. The molecule has 11 nitrogen and oxygen atoms in total. The molecule has 4 heterocycles. The molecule has 2 fully saturated rings. The van der Waals surface area contributed by atoms with E-state index in [9.17, 15) is 14.0 Å². The van der Waals surface area contributed by atoms with Gasteiger partial charge in [0.2, 0.25) is 0 Å². The van der Waals surface area contributed by atoms with Gasteiger partial charge in [-0.15, -0.1) is 11.3 Å². The molecule has 3 aromatic carbocycles. The molecule has 50 heavy (non-hydrogen) atoms. The number of aliphatic imine (C=N–C) groups is 1. The smallest absolute Gasteiger partial charge is 0.338 e. The third kappa shape index (κ3) is 6.94. The van der Waals surface area contributed by atoms with Crippen molar-refractivity contribution in [2.24, 2.45) is 4.99 Å². The van der Waals surface area contributed by atoms with Crippen molar-refractivity contribution in [3.63, 3.8) is 0 Å². The minimum Gasteiger partial charge on any atom is -0.466 e. The fourth-order valence-electron chi connectivity index (χ4n) is 6.47. The molecule has 258 valence electrons. The largest absolute Gasteiger partial charge is 0.466 e. The Morgan fingerprint density at radius 2 is 1.80 bits per heavy atom. The van der Waals surface area contributed by atoms with Gasteiger partial charge in [0, 0.05) is 73.4 Å². The van der Waals surface area contributed by atoms with Crippen LogP contribution >= 0.6 is 22.9 Å². The Balaban J connectivity index is 1.08. The monoisotopic (exact) mass is 716 g/mol. The Morgan fingerprint density at radius 3 is 2.48 bits per heavy atom. The molecule has 1 N–H and O–H groups in total. The van der Waals surface area contributed by atoms with Crippen LogP contribution in [-0.2, 0) is 20.9 Å². The Kier molecular flexibility index (Phi) is 9.81. The number of urea groups is 1. The van der Waals surface area contributed by atoms with E-state index < -0.39 is 17.8 Å². The first-order valence-electron chi connectivity index (χ1n) is 16.0. The highest BCUT2D eigenvalue weighted by atomic mass is 35.5. The SMILES string of the molecule is COCc1ccc(Oc2ccc(N3C[C@@H]4CN(CC5=C(C(=O)OC)[C@H](c6ccc(F)cc6Cl)N=C(c6nccs6)N5)CCN4C3=O)cc2)cc1. The summed E-state index contributed by atoms with van der Waals surface area (Å²) in [4.78, 5) is 42.0. The zero-order valence-corrected chi connectivity index (χ0v) is 28.9. The number of piperazine rings is 1. The summed E-state index contributed by atoms with van der Waals surface area (Å²) in [6, 6.07) is 18.3. The number of aromatic nitrogens is 1. The average Bonchev–Trinajstić information content (AvgIpc) is 3.78. The second-order valence-electron chi connectivity index (χ2n) is 12.0. The molecular formula is C36H34ClFN6O5S. The summed E-state index contributed by atoms with van der Waals surface area (Å²) in [5.74, 6) is 0.786. The molecule has 2 atom stereocenters. The van der Waals surface area contributed by atoms with E-state index in [1.807, 2.05) is 58.8 Å². The summed E-state index contributed by atoms with van der Waals surface area (Å²) in [5, 5.41) is 5.96. The molecule has 4 aromatic rings. The maximum absolute atomic E-state index is 14.0. The van der Waals surface area contributed by atoms with Crippen LogP contribution in [0.15, 0.2) is 94.6 Å². The number of hydrogen-bond donors (Lipinski definition) is 1. The van der Waals surface area contributed by atoms with E-state index in [1.54, 1.807) is 18.2 Å². The van der Waals surface area contributed by atoms with Crippen molar-refractivity contribution in [3.05, 3.63) is 117 Å². The third-order valence-corrected chi connectivity index (χ3v) is 9.97. The van der Waals surface area contributed by atoms with Gasteiger partial charge >= 0.3 is 12.0 Å². The molecule has 7 rings (SSSR count). The molecule has 0 unspecified atom stereocenters. The number of esters is 1. The van der Waals surface area contributed by atoms with Gasteiger partial charge in [-0.05, 0) is 54.1 Å². The number of carbonyl (C=O) groups excluding carboxylic acids is 2. The molecule has 2 saturated heterocycles. The van der Waals surface area contributed by atoms with E-state index in [2.05, 4.69) is 15.2 Å². The summed E-state index contributed by atoms with van der Waals surface area (Å²) in [6.07, 6.45) is 1.67. The Morgan fingerprint density at radius 1 is 1.04 bits per heavy atom. The highest BCUT2D eigenvalue weighted by molar-refractivity contribution is 7.11. The number of fused-ring (bicyclic) bond motifs is 1. The maximum atomic E-state index is 14.0. The number of benzene rings is 3.